The Kier molecular flexibility index (Phi) is 3.69. The third-order valence-corrected chi connectivity index (χ3v) is 3.27. The van der Waals surface area contributed by atoms with E-state index in [1.165, 1.54) is 12.1 Å². The highest BCUT2D eigenvalue weighted by atomic mass is 35.5. The zero-order valence-corrected chi connectivity index (χ0v) is 11.0. The normalized spacial score (nSPS) is 12.5. The van der Waals surface area contributed by atoms with Crippen LogP contribution in [0, 0.1) is 19.7 Å². The van der Waals surface area contributed by atoms with Crippen molar-refractivity contribution in [3.63, 3.8) is 0 Å². The van der Waals surface area contributed by atoms with Crippen LogP contribution in [0.4, 0.5) is 4.39 Å². The summed E-state index contributed by atoms with van der Waals surface area (Å²) in [5.74, 6) is -0.444. The number of benzene rings is 2. The molecular formula is C15H14ClFO. The van der Waals surface area contributed by atoms with Gasteiger partial charge in [0.25, 0.3) is 0 Å². The van der Waals surface area contributed by atoms with Gasteiger partial charge in [-0.25, -0.2) is 4.39 Å². The highest BCUT2D eigenvalue weighted by Gasteiger charge is 2.13. The highest BCUT2D eigenvalue weighted by molar-refractivity contribution is 6.30. The lowest BCUT2D eigenvalue weighted by Crippen LogP contribution is -2.01. The van der Waals surface area contributed by atoms with Gasteiger partial charge in [-0.3, -0.25) is 0 Å². The van der Waals surface area contributed by atoms with Crippen LogP contribution in [0.2, 0.25) is 5.02 Å². The van der Waals surface area contributed by atoms with Crippen LogP contribution in [0.15, 0.2) is 36.4 Å². The summed E-state index contributed by atoms with van der Waals surface area (Å²) in [7, 11) is 0. The number of halogens is 2. The molecule has 0 aliphatic carbocycles. The standard InChI is InChI=1S/C15H14ClFO/c1-9-3-4-11(5-10(9)2)15(18)12-6-13(16)8-14(17)7-12/h3-8,15,18H,1-2H3. The summed E-state index contributed by atoms with van der Waals surface area (Å²) in [6, 6.07) is 9.77. The minimum Gasteiger partial charge on any atom is -0.384 e. The lowest BCUT2D eigenvalue weighted by atomic mass is 9.98. The van der Waals surface area contributed by atoms with E-state index in [-0.39, 0.29) is 5.02 Å². The second kappa shape index (κ2) is 5.09. The van der Waals surface area contributed by atoms with Crippen molar-refractivity contribution in [1.82, 2.24) is 0 Å². The number of rotatable bonds is 2. The number of aliphatic hydroxyl groups excluding tert-OH is 1. The van der Waals surface area contributed by atoms with Gasteiger partial charge in [-0.2, -0.15) is 0 Å². The Balaban J connectivity index is 2.40. The summed E-state index contributed by atoms with van der Waals surface area (Å²) in [6.45, 7) is 3.98. The van der Waals surface area contributed by atoms with Crippen molar-refractivity contribution < 1.29 is 9.50 Å². The van der Waals surface area contributed by atoms with Crippen molar-refractivity contribution in [2.45, 2.75) is 20.0 Å². The predicted octanol–water partition coefficient (Wildman–Crippen LogP) is 4.18. The van der Waals surface area contributed by atoms with Crippen LogP contribution < -0.4 is 0 Å². The molecule has 0 aromatic heterocycles. The molecule has 0 spiro atoms. The first-order valence-electron chi connectivity index (χ1n) is 5.68. The third-order valence-electron chi connectivity index (χ3n) is 3.05. The fourth-order valence-corrected chi connectivity index (χ4v) is 2.09. The molecule has 1 N–H and O–H groups in total. The molecule has 0 heterocycles. The fourth-order valence-electron chi connectivity index (χ4n) is 1.86. The van der Waals surface area contributed by atoms with Gasteiger partial charge in [-0.15, -0.1) is 0 Å². The molecule has 0 aliphatic heterocycles. The number of aliphatic hydroxyl groups is 1. The molecule has 0 saturated heterocycles. The number of aryl methyl sites for hydroxylation is 2. The van der Waals surface area contributed by atoms with Crippen LogP contribution in [0.5, 0.6) is 0 Å². The topological polar surface area (TPSA) is 20.2 Å². The van der Waals surface area contributed by atoms with Gasteiger partial charge in [0.1, 0.15) is 11.9 Å². The zero-order chi connectivity index (χ0) is 13.3. The second-order valence-corrected chi connectivity index (χ2v) is 4.89. The van der Waals surface area contributed by atoms with Crippen molar-refractivity contribution in [3.05, 3.63) is 69.5 Å². The van der Waals surface area contributed by atoms with Crippen LogP contribution in [0.1, 0.15) is 28.4 Å². The second-order valence-electron chi connectivity index (χ2n) is 4.45. The SMILES string of the molecule is Cc1ccc(C(O)c2cc(F)cc(Cl)c2)cc1C. The van der Waals surface area contributed by atoms with Gasteiger partial charge in [0.15, 0.2) is 0 Å². The predicted molar refractivity (Wildman–Crippen MR) is 71.4 cm³/mol. The van der Waals surface area contributed by atoms with Gasteiger partial charge in [0.2, 0.25) is 0 Å². The Morgan fingerprint density at radius 1 is 1.00 bits per heavy atom. The molecule has 2 aromatic carbocycles. The van der Waals surface area contributed by atoms with Crippen LogP contribution >= 0.6 is 11.6 Å². The maximum absolute atomic E-state index is 13.3. The first-order chi connectivity index (χ1) is 8.47. The molecule has 2 rings (SSSR count). The molecule has 0 fully saturated rings. The average Bonchev–Trinajstić information content (AvgIpc) is 2.30. The molecule has 0 amide bonds. The fraction of sp³-hybridized carbons (Fsp3) is 0.200. The van der Waals surface area contributed by atoms with Gasteiger partial charge in [-0.1, -0.05) is 29.8 Å². The number of hydrogen-bond acceptors (Lipinski definition) is 1. The Bertz CT molecular complexity index is 560. The quantitative estimate of drug-likeness (QED) is 0.863. The Morgan fingerprint density at radius 2 is 1.72 bits per heavy atom. The van der Waals surface area contributed by atoms with Crippen LogP contribution in [-0.2, 0) is 0 Å². The summed E-state index contributed by atoms with van der Waals surface area (Å²) in [6.07, 6.45) is -0.863. The van der Waals surface area contributed by atoms with Gasteiger partial charge < -0.3 is 5.11 Å². The molecule has 1 atom stereocenters. The average molecular weight is 265 g/mol. The van der Waals surface area contributed by atoms with E-state index in [2.05, 4.69) is 0 Å². The van der Waals surface area contributed by atoms with Crippen LogP contribution in [0.3, 0.4) is 0 Å². The molecule has 1 unspecified atom stereocenters. The first-order valence-corrected chi connectivity index (χ1v) is 6.06. The molecule has 0 radical (unpaired) electrons. The summed E-state index contributed by atoms with van der Waals surface area (Å²) in [5, 5.41) is 10.5. The lowest BCUT2D eigenvalue weighted by Gasteiger charge is -2.13. The molecule has 3 heteroatoms. The molecule has 0 aliphatic rings. The summed E-state index contributed by atoms with van der Waals surface area (Å²) in [5.41, 5.74) is 3.44. The van der Waals surface area contributed by atoms with E-state index < -0.39 is 11.9 Å². The van der Waals surface area contributed by atoms with Crippen molar-refractivity contribution in [3.8, 4) is 0 Å². The summed E-state index contributed by atoms with van der Waals surface area (Å²) < 4.78 is 13.3. The minimum atomic E-state index is -0.863. The van der Waals surface area contributed by atoms with Gasteiger partial charge in [0, 0.05) is 5.02 Å². The molecule has 2 aromatic rings. The van der Waals surface area contributed by atoms with E-state index in [1.54, 1.807) is 6.07 Å². The minimum absolute atomic E-state index is 0.285. The van der Waals surface area contributed by atoms with Crippen LogP contribution in [0.25, 0.3) is 0 Å². The Labute approximate surface area is 111 Å². The Hall–Kier alpha value is -1.38. The molecule has 1 nitrogen and oxygen atoms in total. The van der Waals surface area contributed by atoms with Crippen molar-refractivity contribution >= 4 is 11.6 Å². The smallest absolute Gasteiger partial charge is 0.125 e. The van der Waals surface area contributed by atoms with E-state index in [0.717, 1.165) is 16.7 Å². The molecular weight excluding hydrogens is 251 g/mol. The van der Waals surface area contributed by atoms with E-state index in [0.29, 0.717) is 5.56 Å². The van der Waals surface area contributed by atoms with Crippen molar-refractivity contribution in [1.29, 1.82) is 0 Å². The third kappa shape index (κ3) is 2.71. The molecule has 18 heavy (non-hydrogen) atoms. The van der Waals surface area contributed by atoms with Crippen molar-refractivity contribution in [2.24, 2.45) is 0 Å². The molecule has 0 saturated carbocycles. The maximum atomic E-state index is 13.3. The van der Waals surface area contributed by atoms with E-state index in [1.807, 2.05) is 32.0 Å². The lowest BCUT2D eigenvalue weighted by molar-refractivity contribution is 0.219. The molecule has 0 bridgehead atoms. The zero-order valence-electron chi connectivity index (χ0n) is 10.2. The first kappa shape index (κ1) is 13.1. The van der Waals surface area contributed by atoms with Gasteiger partial charge in [-0.05, 0) is 54.3 Å². The highest BCUT2D eigenvalue weighted by Crippen LogP contribution is 2.26. The Morgan fingerprint density at radius 3 is 2.33 bits per heavy atom. The monoisotopic (exact) mass is 264 g/mol. The van der Waals surface area contributed by atoms with Gasteiger partial charge >= 0.3 is 0 Å². The van der Waals surface area contributed by atoms with Crippen molar-refractivity contribution in [2.75, 3.05) is 0 Å². The van der Waals surface area contributed by atoms with E-state index in [4.69, 9.17) is 11.6 Å². The maximum Gasteiger partial charge on any atom is 0.125 e. The number of hydrogen-bond donors (Lipinski definition) is 1. The van der Waals surface area contributed by atoms with Crippen LogP contribution in [-0.4, -0.2) is 5.11 Å². The summed E-state index contributed by atoms with van der Waals surface area (Å²) >= 11 is 5.79. The molecule has 94 valence electrons. The van der Waals surface area contributed by atoms with E-state index >= 15 is 0 Å². The largest absolute Gasteiger partial charge is 0.384 e. The summed E-state index contributed by atoms with van der Waals surface area (Å²) in [4.78, 5) is 0. The van der Waals surface area contributed by atoms with E-state index in [9.17, 15) is 9.50 Å². The van der Waals surface area contributed by atoms with Gasteiger partial charge in [0.05, 0.1) is 0 Å².